The second-order valence-corrected chi connectivity index (χ2v) is 7.43. The van der Waals surface area contributed by atoms with Gasteiger partial charge in [0.1, 0.15) is 5.82 Å². The number of anilines is 1. The summed E-state index contributed by atoms with van der Waals surface area (Å²) in [4.78, 5) is 33.4. The zero-order valence-corrected chi connectivity index (χ0v) is 15.0. The number of nitrogens with zero attached hydrogens (tertiary/aromatic N) is 4. The highest BCUT2D eigenvalue weighted by Gasteiger charge is 2.55. The van der Waals surface area contributed by atoms with Gasteiger partial charge in [-0.1, -0.05) is 6.42 Å². The monoisotopic (exact) mass is 368 g/mol. The Hall–Kier alpha value is -3.03. The van der Waals surface area contributed by atoms with Gasteiger partial charge in [0, 0.05) is 42.5 Å². The molecule has 2 heterocycles. The van der Waals surface area contributed by atoms with Crippen LogP contribution in [0.5, 0.6) is 0 Å². The highest BCUT2D eigenvalue weighted by atomic mass is 16.6. The number of carboxylic acids is 1. The molecule has 0 radical (unpaired) electrons. The maximum Gasteiger partial charge on any atom is 0.311 e. The molecule has 1 aliphatic heterocycles. The number of carbonyl (C=O) groups is 1. The van der Waals surface area contributed by atoms with Crippen LogP contribution in [-0.4, -0.2) is 39.1 Å². The van der Waals surface area contributed by atoms with E-state index in [4.69, 9.17) is 0 Å². The van der Waals surface area contributed by atoms with E-state index in [0.717, 1.165) is 18.5 Å². The van der Waals surface area contributed by atoms with Crippen molar-refractivity contribution in [2.75, 3.05) is 18.0 Å². The van der Waals surface area contributed by atoms with Gasteiger partial charge in [-0.05, 0) is 37.8 Å². The molecular formula is C19H20N4O4. The molecule has 0 amide bonds. The lowest BCUT2D eigenvalue weighted by atomic mass is 9.81. The van der Waals surface area contributed by atoms with E-state index in [2.05, 4.69) is 9.97 Å². The van der Waals surface area contributed by atoms with Crippen LogP contribution in [-0.2, 0) is 4.79 Å². The standard InChI is InChI=1S/C19H20N4O4/c1-12-9-16(22-10-14-3-2-8-19(14,11-22)18(24)25)21-17(20-12)13-4-6-15(7-5-13)23(26)27/h4-7,9,14H,2-3,8,10-11H2,1H3,(H,24,25)/t14-,19+/m0/s1. The Morgan fingerprint density at radius 2 is 2.07 bits per heavy atom. The maximum atomic E-state index is 11.9. The first-order valence-electron chi connectivity index (χ1n) is 8.98. The Labute approximate surface area is 156 Å². The summed E-state index contributed by atoms with van der Waals surface area (Å²) in [6.07, 6.45) is 2.60. The molecule has 0 unspecified atom stereocenters. The van der Waals surface area contributed by atoms with Crippen LogP contribution in [0.4, 0.5) is 11.5 Å². The molecule has 8 nitrogen and oxygen atoms in total. The van der Waals surface area contributed by atoms with Crippen LogP contribution >= 0.6 is 0 Å². The summed E-state index contributed by atoms with van der Waals surface area (Å²) in [5.41, 5.74) is 0.807. The van der Waals surface area contributed by atoms with Crippen LogP contribution in [0.2, 0.25) is 0 Å². The largest absolute Gasteiger partial charge is 0.481 e. The second kappa shape index (κ2) is 6.29. The highest BCUT2D eigenvalue weighted by Crippen LogP contribution is 2.49. The molecule has 2 fully saturated rings. The number of aliphatic carboxylic acids is 1. The summed E-state index contributed by atoms with van der Waals surface area (Å²) < 4.78 is 0. The smallest absolute Gasteiger partial charge is 0.311 e. The zero-order valence-electron chi connectivity index (χ0n) is 15.0. The number of non-ortho nitro benzene ring substituents is 1. The fourth-order valence-corrected chi connectivity index (χ4v) is 4.39. The lowest BCUT2D eigenvalue weighted by Crippen LogP contribution is -2.35. The molecule has 2 aromatic rings. The van der Waals surface area contributed by atoms with Crippen molar-refractivity contribution in [1.29, 1.82) is 0 Å². The summed E-state index contributed by atoms with van der Waals surface area (Å²) in [5.74, 6) is 0.633. The molecule has 140 valence electrons. The Morgan fingerprint density at radius 3 is 2.70 bits per heavy atom. The van der Waals surface area contributed by atoms with E-state index in [1.165, 1.54) is 12.1 Å². The molecule has 27 heavy (non-hydrogen) atoms. The van der Waals surface area contributed by atoms with E-state index in [1.807, 2.05) is 17.9 Å². The molecule has 8 heteroatoms. The predicted molar refractivity (Wildman–Crippen MR) is 98.5 cm³/mol. The van der Waals surface area contributed by atoms with Gasteiger partial charge < -0.3 is 10.0 Å². The minimum absolute atomic E-state index is 0.0161. The van der Waals surface area contributed by atoms with Gasteiger partial charge in [0.05, 0.1) is 10.3 Å². The molecular weight excluding hydrogens is 348 g/mol. The van der Waals surface area contributed by atoms with E-state index in [9.17, 15) is 20.0 Å². The Kier molecular flexibility index (Phi) is 4.05. The summed E-state index contributed by atoms with van der Waals surface area (Å²) in [6.45, 7) is 3.01. The van der Waals surface area contributed by atoms with Gasteiger partial charge in [0.15, 0.2) is 5.82 Å². The predicted octanol–water partition coefficient (Wildman–Crippen LogP) is 3.05. The molecule has 1 aromatic carbocycles. The number of benzene rings is 1. The van der Waals surface area contributed by atoms with Crippen molar-refractivity contribution in [3.05, 3.63) is 46.1 Å². The molecule has 0 bridgehead atoms. The van der Waals surface area contributed by atoms with Crippen molar-refractivity contribution in [3.8, 4) is 11.4 Å². The molecule has 1 N–H and O–H groups in total. The summed E-state index contributed by atoms with van der Waals surface area (Å²) in [5, 5.41) is 20.6. The number of aromatic nitrogens is 2. The van der Waals surface area contributed by atoms with Crippen molar-refractivity contribution in [1.82, 2.24) is 9.97 Å². The quantitative estimate of drug-likeness (QED) is 0.652. The molecule has 4 rings (SSSR count). The SMILES string of the molecule is Cc1cc(N2C[C@@H]3CCC[C@@]3(C(=O)O)C2)nc(-c2ccc([N+](=O)[O-])cc2)n1. The van der Waals surface area contributed by atoms with Crippen molar-refractivity contribution >= 4 is 17.5 Å². The van der Waals surface area contributed by atoms with Crippen LogP contribution in [0.1, 0.15) is 25.0 Å². The average molecular weight is 368 g/mol. The van der Waals surface area contributed by atoms with E-state index in [1.54, 1.807) is 12.1 Å². The molecule has 1 aliphatic carbocycles. The minimum Gasteiger partial charge on any atom is -0.481 e. The molecule has 1 saturated carbocycles. The van der Waals surface area contributed by atoms with Gasteiger partial charge in [-0.2, -0.15) is 0 Å². The number of rotatable bonds is 4. The Morgan fingerprint density at radius 1 is 1.33 bits per heavy atom. The fourth-order valence-electron chi connectivity index (χ4n) is 4.39. The van der Waals surface area contributed by atoms with E-state index in [-0.39, 0.29) is 11.6 Å². The van der Waals surface area contributed by atoms with Crippen LogP contribution in [0.3, 0.4) is 0 Å². The van der Waals surface area contributed by atoms with Gasteiger partial charge in [-0.15, -0.1) is 0 Å². The van der Waals surface area contributed by atoms with Crippen molar-refractivity contribution in [3.63, 3.8) is 0 Å². The van der Waals surface area contributed by atoms with Gasteiger partial charge in [0.2, 0.25) is 0 Å². The Balaban J connectivity index is 1.65. The van der Waals surface area contributed by atoms with Crippen LogP contribution in [0.25, 0.3) is 11.4 Å². The first-order chi connectivity index (χ1) is 12.9. The third kappa shape index (κ3) is 2.90. The number of fused-ring (bicyclic) bond motifs is 1. The van der Waals surface area contributed by atoms with E-state index >= 15 is 0 Å². The molecule has 2 aliphatic rings. The van der Waals surface area contributed by atoms with Gasteiger partial charge in [0.25, 0.3) is 5.69 Å². The van der Waals surface area contributed by atoms with E-state index < -0.39 is 16.3 Å². The van der Waals surface area contributed by atoms with Crippen molar-refractivity contribution in [2.24, 2.45) is 11.3 Å². The molecule has 1 aromatic heterocycles. The summed E-state index contributed by atoms with van der Waals surface area (Å²) in [6, 6.07) is 7.99. The van der Waals surface area contributed by atoms with E-state index in [0.29, 0.717) is 36.7 Å². The van der Waals surface area contributed by atoms with Gasteiger partial charge in [-0.25, -0.2) is 9.97 Å². The van der Waals surface area contributed by atoms with Crippen molar-refractivity contribution < 1.29 is 14.8 Å². The first-order valence-corrected chi connectivity index (χ1v) is 8.98. The lowest BCUT2D eigenvalue weighted by molar-refractivity contribution is -0.384. The van der Waals surface area contributed by atoms with Crippen LogP contribution in [0.15, 0.2) is 30.3 Å². The zero-order chi connectivity index (χ0) is 19.2. The lowest BCUT2D eigenvalue weighted by Gasteiger charge is -2.24. The van der Waals surface area contributed by atoms with Crippen LogP contribution < -0.4 is 4.90 Å². The highest BCUT2D eigenvalue weighted by molar-refractivity contribution is 5.78. The number of carboxylic acid groups (broad SMARTS) is 1. The Bertz CT molecular complexity index is 914. The van der Waals surface area contributed by atoms with Gasteiger partial charge in [-0.3, -0.25) is 14.9 Å². The fraction of sp³-hybridized carbons (Fsp3) is 0.421. The molecule has 0 spiro atoms. The number of hydrogen-bond acceptors (Lipinski definition) is 6. The van der Waals surface area contributed by atoms with Crippen LogP contribution in [0, 0.1) is 28.4 Å². The second-order valence-electron chi connectivity index (χ2n) is 7.43. The third-order valence-corrected chi connectivity index (χ3v) is 5.80. The number of hydrogen-bond donors (Lipinski definition) is 1. The maximum absolute atomic E-state index is 11.9. The minimum atomic E-state index is -0.714. The third-order valence-electron chi connectivity index (χ3n) is 5.80. The first kappa shape index (κ1) is 17.4. The van der Waals surface area contributed by atoms with Crippen molar-refractivity contribution in [2.45, 2.75) is 26.2 Å². The topological polar surface area (TPSA) is 109 Å². The van der Waals surface area contributed by atoms with Gasteiger partial charge >= 0.3 is 5.97 Å². The number of aryl methyl sites for hydroxylation is 1. The number of nitro benzene ring substituents is 1. The normalized spacial score (nSPS) is 24.0. The number of nitro groups is 1. The summed E-state index contributed by atoms with van der Waals surface area (Å²) >= 11 is 0. The molecule has 2 atom stereocenters. The summed E-state index contributed by atoms with van der Waals surface area (Å²) in [7, 11) is 0. The molecule has 1 saturated heterocycles. The average Bonchev–Trinajstić information content (AvgIpc) is 3.20.